The molecule has 0 radical (unpaired) electrons. The van der Waals surface area contributed by atoms with Gasteiger partial charge in [0.25, 0.3) is 11.6 Å². The minimum atomic E-state index is -0.451. The molecule has 1 N–H and O–H groups in total. The lowest BCUT2D eigenvalue weighted by molar-refractivity contribution is 0.0959. The Labute approximate surface area is 158 Å². The van der Waals surface area contributed by atoms with Crippen molar-refractivity contribution >= 4 is 28.3 Å². The quantitative estimate of drug-likeness (QED) is 0.512. The second-order valence-corrected chi connectivity index (χ2v) is 6.67. The van der Waals surface area contributed by atoms with Gasteiger partial charge in [0, 0.05) is 12.1 Å². The van der Waals surface area contributed by atoms with Gasteiger partial charge >= 0.3 is 0 Å². The van der Waals surface area contributed by atoms with Crippen molar-refractivity contribution in [3.05, 3.63) is 71.9 Å². The van der Waals surface area contributed by atoms with Crippen LogP contribution in [0.15, 0.2) is 65.0 Å². The van der Waals surface area contributed by atoms with Crippen LogP contribution in [0.5, 0.6) is 0 Å². The lowest BCUT2D eigenvalue weighted by Gasteiger charge is -2.07. The van der Waals surface area contributed by atoms with E-state index in [9.17, 15) is 9.18 Å². The van der Waals surface area contributed by atoms with Crippen molar-refractivity contribution in [2.45, 2.75) is 0 Å². The number of fused-ring (bicyclic) bond motifs is 1. The van der Waals surface area contributed by atoms with E-state index in [0.29, 0.717) is 23.2 Å². The molecule has 134 valence electrons. The first-order valence-electron chi connectivity index (χ1n) is 8.17. The van der Waals surface area contributed by atoms with Crippen LogP contribution >= 0.6 is 11.3 Å². The second kappa shape index (κ2) is 7.13. The Hall–Kier alpha value is -3.32. The number of thiophene rings is 1. The summed E-state index contributed by atoms with van der Waals surface area (Å²) in [6, 6.07) is 11.7. The number of halogens is 1. The number of hydrogen-bond acceptors (Lipinski definition) is 5. The van der Waals surface area contributed by atoms with Crippen LogP contribution in [0.2, 0.25) is 0 Å². The Morgan fingerprint density at radius 2 is 2.15 bits per heavy atom. The van der Waals surface area contributed by atoms with Crippen LogP contribution in [-0.4, -0.2) is 22.6 Å². The highest BCUT2D eigenvalue weighted by Gasteiger charge is 2.23. The van der Waals surface area contributed by atoms with Crippen molar-refractivity contribution in [3.8, 4) is 21.8 Å². The fraction of sp³-hybridized carbons (Fsp3) is 0.0500. The first-order valence-corrected chi connectivity index (χ1v) is 9.05. The minimum Gasteiger partial charge on any atom is -0.349 e. The van der Waals surface area contributed by atoms with Crippen molar-refractivity contribution in [1.29, 1.82) is 0 Å². The number of carbonyl (C=O) groups is 1. The third-order valence-corrected chi connectivity index (χ3v) is 4.89. The maximum Gasteiger partial charge on any atom is 0.259 e. The van der Waals surface area contributed by atoms with Gasteiger partial charge in [0.2, 0.25) is 0 Å². The zero-order valence-corrected chi connectivity index (χ0v) is 14.9. The molecule has 0 aliphatic rings. The molecule has 0 fully saturated rings. The predicted molar refractivity (Wildman–Crippen MR) is 103 cm³/mol. The first-order chi connectivity index (χ1) is 13.2. The molecule has 3 aromatic heterocycles. The van der Waals surface area contributed by atoms with Gasteiger partial charge in [-0.15, -0.1) is 17.9 Å². The van der Waals surface area contributed by atoms with Gasteiger partial charge in [-0.05, 0) is 29.6 Å². The molecule has 0 atom stereocenters. The van der Waals surface area contributed by atoms with Gasteiger partial charge in [0.05, 0.1) is 21.5 Å². The summed E-state index contributed by atoms with van der Waals surface area (Å²) in [7, 11) is 0. The van der Waals surface area contributed by atoms with Gasteiger partial charge in [-0.1, -0.05) is 29.4 Å². The Balaban J connectivity index is 1.96. The van der Waals surface area contributed by atoms with Crippen molar-refractivity contribution < 1.29 is 13.7 Å². The molecule has 4 aromatic rings. The van der Waals surface area contributed by atoms with E-state index >= 15 is 0 Å². The number of hydrogen-bond donors (Lipinski definition) is 1. The van der Waals surface area contributed by atoms with E-state index in [4.69, 9.17) is 4.52 Å². The van der Waals surface area contributed by atoms with Crippen LogP contribution in [0, 0.1) is 5.82 Å². The highest BCUT2D eigenvalue weighted by atomic mass is 32.1. The zero-order chi connectivity index (χ0) is 18.8. The van der Waals surface area contributed by atoms with Gasteiger partial charge < -0.3 is 9.84 Å². The lowest BCUT2D eigenvalue weighted by atomic mass is 10.0. The molecule has 0 bridgehead atoms. The van der Waals surface area contributed by atoms with Crippen LogP contribution in [0.25, 0.3) is 32.9 Å². The molecule has 0 aliphatic heterocycles. The summed E-state index contributed by atoms with van der Waals surface area (Å²) in [5.41, 5.74) is 1.60. The Morgan fingerprint density at radius 3 is 2.89 bits per heavy atom. The molecule has 1 amide bonds. The van der Waals surface area contributed by atoms with Crippen molar-refractivity contribution in [2.75, 3.05) is 6.54 Å². The number of amides is 1. The van der Waals surface area contributed by atoms with E-state index in [-0.39, 0.29) is 22.9 Å². The third kappa shape index (κ3) is 3.13. The summed E-state index contributed by atoms with van der Waals surface area (Å²) in [5, 5.41) is 9.05. The number of benzene rings is 1. The summed E-state index contributed by atoms with van der Waals surface area (Å²) in [6.45, 7) is 3.91. The Morgan fingerprint density at radius 1 is 1.30 bits per heavy atom. The van der Waals surface area contributed by atoms with Crippen LogP contribution in [0.4, 0.5) is 4.39 Å². The maximum atomic E-state index is 14.3. The van der Waals surface area contributed by atoms with Crippen molar-refractivity contribution in [2.24, 2.45) is 0 Å². The molecule has 0 saturated carbocycles. The molecule has 0 unspecified atom stereocenters. The SMILES string of the molecule is C=CCNC(=O)c1cc(-c2cccs2)nc2onc(-c3ccccc3F)c12. The molecular weight excluding hydrogens is 365 g/mol. The zero-order valence-electron chi connectivity index (χ0n) is 14.1. The van der Waals surface area contributed by atoms with E-state index in [1.54, 1.807) is 30.3 Å². The lowest BCUT2D eigenvalue weighted by Crippen LogP contribution is -2.23. The van der Waals surface area contributed by atoms with Crippen LogP contribution in [-0.2, 0) is 0 Å². The molecule has 7 heteroatoms. The number of pyridine rings is 1. The predicted octanol–water partition coefficient (Wildman–Crippen LogP) is 4.67. The molecule has 3 heterocycles. The number of nitrogens with zero attached hydrogens (tertiary/aromatic N) is 2. The summed E-state index contributed by atoms with van der Waals surface area (Å²) >= 11 is 1.50. The van der Waals surface area contributed by atoms with E-state index < -0.39 is 5.82 Å². The van der Waals surface area contributed by atoms with Gasteiger partial charge in [-0.3, -0.25) is 4.79 Å². The van der Waals surface area contributed by atoms with E-state index in [0.717, 1.165) is 4.88 Å². The molecule has 0 spiro atoms. The molecule has 0 aliphatic carbocycles. The minimum absolute atomic E-state index is 0.183. The fourth-order valence-electron chi connectivity index (χ4n) is 2.78. The second-order valence-electron chi connectivity index (χ2n) is 5.72. The summed E-state index contributed by atoms with van der Waals surface area (Å²) in [6.07, 6.45) is 1.59. The van der Waals surface area contributed by atoms with Crippen LogP contribution < -0.4 is 5.32 Å². The van der Waals surface area contributed by atoms with E-state index in [1.807, 2.05) is 17.5 Å². The number of nitrogens with one attached hydrogen (secondary N) is 1. The normalized spacial score (nSPS) is 10.9. The summed E-state index contributed by atoms with van der Waals surface area (Å²) in [5.74, 6) is -0.784. The average molecular weight is 379 g/mol. The van der Waals surface area contributed by atoms with Crippen LogP contribution in [0.3, 0.4) is 0 Å². The van der Waals surface area contributed by atoms with Crippen molar-refractivity contribution in [3.63, 3.8) is 0 Å². The Bertz CT molecular complexity index is 1140. The van der Waals surface area contributed by atoms with Gasteiger partial charge in [0.15, 0.2) is 0 Å². The van der Waals surface area contributed by atoms with Crippen LogP contribution in [0.1, 0.15) is 10.4 Å². The largest absolute Gasteiger partial charge is 0.349 e. The van der Waals surface area contributed by atoms with Gasteiger partial charge in [-0.25, -0.2) is 9.37 Å². The van der Waals surface area contributed by atoms with Gasteiger partial charge in [0.1, 0.15) is 11.5 Å². The fourth-order valence-corrected chi connectivity index (χ4v) is 3.46. The Kier molecular flexibility index (Phi) is 4.52. The number of rotatable bonds is 5. The smallest absolute Gasteiger partial charge is 0.259 e. The molecular formula is C20H14FN3O2S. The summed E-state index contributed by atoms with van der Waals surface area (Å²) in [4.78, 5) is 18.1. The maximum absolute atomic E-state index is 14.3. The van der Waals surface area contributed by atoms with Gasteiger partial charge in [-0.2, -0.15) is 0 Å². The third-order valence-electron chi connectivity index (χ3n) is 4.00. The number of carbonyl (C=O) groups excluding carboxylic acids is 1. The molecule has 4 rings (SSSR count). The molecule has 27 heavy (non-hydrogen) atoms. The van der Waals surface area contributed by atoms with Crippen molar-refractivity contribution in [1.82, 2.24) is 15.5 Å². The summed E-state index contributed by atoms with van der Waals surface area (Å²) < 4.78 is 19.7. The standard InChI is InChI=1S/C20H14FN3O2S/c1-2-9-22-19(25)13-11-15(16-8-5-10-27-16)23-20-17(13)18(24-26-20)12-6-3-4-7-14(12)21/h2-8,10-11H,1,9H2,(H,22,25). The molecule has 5 nitrogen and oxygen atoms in total. The first kappa shape index (κ1) is 17.1. The topological polar surface area (TPSA) is 68.0 Å². The monoisotopic (exact) mass is 379 g/mol. The molecule has 0 saturated heterocycles. The highest BCUT2D eigenvalue weighted by Crippen LogP contribution is 2.34. The van der Waals surface area contributed by atoms with E-state index in [1.165, 1.54) is 17.4 Å². The number of aromatic nitrogens is 2. The molecule has 1 aromatic carbocycles. The van der Waals surface area contributed by atoms with E-state index in [2.05, 4.69) is 22.0 Å². The average Bonchev–Trinajstić information content (AvgIpc) is 3.35. The highest BCUT2D eigenvalue weighted by molar-refractivity contribution is 7.13.